The average Bonchev–Trinajstić information content (AvgIpc) is 1.44. The Kier molecular flexibility index (Phi) is 12.4. The largest absolute Gasteiger partial charge is 0.298 e. The van der Waals surface area contributed by atoms with Crippen LogP contribution in [-0.4, -0.2) is 0 Å². The first-order chi connectivity index (χ1) is 48.7. The lowest BCUT2D eigenvalue weighted by Gasteiger charge is -2.26. The summed E-state index contributed by atoms with van der Waals surface area (Å²) in [6.45, 7) is 0. The lowest BCUT2D eigenvalue weighted by molar-refractivity contribution is -0.676. The number of hydrogen-bond acceptors (Lipinski definition) is 0. The van der Waals surface area contributed by atoms with Crippen LogP contribution in [0.25, 0.3) is 87.8 Å². The quantitative estimate of drug-likeness (QED) is 0.116. The highest BCUT2D eigenvalue weighted by Crippen LogP contribution is 2.75. The highest BCUT2D eigenvalue weighted by molar-refractivity contribution is 7.97. The van der Waals surface area contributed by atoms with E-state index in [1.54, 1.807) is 0 Å². The monoisotopic (exact) mass is 1300 g/mol. The number of rotatable bonds is 6. The molecule has 17 aromatic rings. The summed E-state index contributed by atoms with van der Waals surface area (Å²) in [6.07, 6.45) is 4.64. The lowest BCUT2D eigenvalue weighted by atomic mass is 9.97. The maximum atomic E-state index is 2.69. The first-order valence-electron chi connectivity index (χ1n) is 34.2. The Balaban J connectivity index is 0.0000000971. The smallest absolute Gasteiger partial charge is 0.157 e. The maximum absolute atomic E-state index is 2.69. The topological polar surface area (TPSA) is 11.6 Å². The molecular weight excluding hydrogens is 1240 g/mol. The fourth-order valence-electron chi connectivity index (χ4n) is 18.9. The van der Waals surface area contributed by atoms with Crippen LogP contribution in [0, 0.1) is 0 Å². The SMILES string of the molecule is c1ccc([P+]2(c3ccccc3)c3cccc4ccc5[n+](c34)C2c2c-5ccc3ccccc23)cc1.c1ccc([P+]2(c3ccccc3)c3cccc4ccc5c(c34)C2[n+]2ccc3ccccc3c2-5)cc1.c1ccc([P+]2(c3ccccc3)c3cccc4ccc5c(c34)C2[n+]2ccccc2-5)cc1. The Labute approximate surface area is 571 Å². The summed E-state index contributed by atoms with van der Waals surface area (Å²) in [7, 11) is -5.99. The fourth-order valence-corrected chi connectivity index (χ4v) is 34.2. The van der Waals surface area contributed by atoms with Gasteiger partial charge in [-0.1, -0.05) is 200 Å². The highest BCUT2D eigenvalue weighted by Gasteiger charge is 2.71. The summed E-state index contributed by atoms with van der Waals surface area (Å²) >= 11 is 0. The van der Waals surface area contributed by atoms with Crippen molar-refractivity contribution >= 4 is 124 Å². The van der Waals surface area contributed by atoms with Crippen molar-refractivity contribution in [1.82, 2.24) is 0 Å². The molecule has 23 rings (SSSR count). The van der Waals surface area contributed by atoms with Crippen molar-refractivity contribution in [3.05, 3.63) is 387 Å². The molecule has 0 fully saturated rings. The Morgan fingerprint density at radius 2 is 0.612 bits per heavy atom. The Bertz CT molecular complexity index is 6020. The minimum absolute atomic E-state index is 0.259. The van der Waals surface area contributed by atoms with Gasteiger partial charge in [-0.05, 0) is 160 Å². The van der Waals surface area contributed by atoms with E-state index in [0.29, 0.717) is 5.78 Å². The molecule has 6 aliphatic rings. The summed E-state index contributed by atoms with van der Waals surface area (Å²) in [5.41, 5.74) is 14.2. The summed E-state index contributed by atoms with van der Waals surface area (Å²) in [5.74, 6) is 0.845. The van der Waals surface area contributed by atoms with E-state index in [2.05, 4.69) is 384 Å². The zero-order valence-electron chi connectivity index (χ0n) is 53.6. The van der Waals surface area contributed by atoms with Gasteiger partial charge in [-0.2, -0.15) is 9.13 Å². The van der Waals surface area contributed by atoms with E-state index in [4.69, 9.17) is 0 Å². The van der Waals surface area contributed by atoms with E-state index in [1.807, 2.05) is 0 Å². The standard InChI is InChI=1S/2C32H22NP.C28H20NP/c1-3-12-24(13-4-1)34(25-14-5-2-6-15-25)29-17-9-11-23-19-21-28-27-20-18-22-10-7-8-16-26(22)30(27)32(34)33(28)31(23)29;1-3-12-24(13-4-1)34(25-14-5-2-6-15-25)28-17-9-11-23-18-19-27-30(29(23)28)32(34)33-21-20-22-10-7-8-16-26(22)31(27)33;1-3-11-21(12-4-1)30(22-13-5-2-6-14-22)25-16-9-10-20-17-18-23-24-15-7-8-19-29(24)28(30)27(23)26(20)25/h2*1-21,32H;1-19,28H/q3*+2. The van der Waals surface area contributed by atoms with E-state index in [9.17, 15) is 0 Å². The second kappa shape index (κ2) is 21.6. The second-order valence-electron chi connectivity index (χ2n) is 26.8. The molecule has 0 amide bonds. The molecule has 9 heterocycles. The Morgan fingerprint density at radius 3 is 1.15 bits per heavy atom. The van der Waals surface area contributed by atoms with Crippen molar-refractivity contribution in [2.45, 2.75) is 17.3 Å². The first-order valence-corrected chi connectivity index (χ1v) is 39.8. The molecule has 98 heavy (non-hydrogen) atoms. The molecule has 456 valence electrons. The maximum Gasteiger partial charge on any atom is 0.298 e. The summed E-state index contributed by atoms with van der Waals surface area (Å²) in [4.78, 5) is 0. The van der Waals surface area contributed by atoms with Gasteiger partial charge >= 0.3 is 0 Å². The molecule has 0 saturated heterocycles. The minimum Gasteiger partial charge on any atom is -0.157 e. The molecule has 0 spiro atoms. The molecule has 0 N–H and O–H groups in total. The number of para-hydroxylation sites is 1. The van der Waals surface area contributed by atoms with Crippen LogP contribution in [0.2, 0.25) is 0 Å². The van der Waals surface area contributed by atoms with Gasteiger partial charge in [-0.25, -0.2) is 0 Å². The van der Waals surface area contributed by atoms with Crippen molar-refractivity contribution in [2.75, 3.05) is 0 Å². The number of fused-ring (bicyclic) bond motifs is 13. The minimum atomic E-state index is -2.04. The molecule has 14 aromatic carbocycles. The van der Waals surface area contributed by atoms with Crippen LogP contribution in [0.5, 0.6) is 0 Å². The fraction of sp³-hybridized carbons (Fsp3) is 0.0326. The molecule has 3 unspecified atom stereocenters. The summed E-state index contributed by atoms with van der Waals surface area (Å²) in [6, 6.07) is 134. The van der Waals surface area contributed by atoms with Crippen LogP contribution in [-0.2, 0) is 0 Å². The molecule has 3 atom stereocenters. The Hall–Kier alpha value is -10.9. The van der Waals surface area contributed by atoms with Crippen molar-refractivity contribution in [3.8, 4) is 33.8 Å². The molecule has 6 aliphatic heterocycles. The second-order valence-corrected chi connectivity index (χ2v) is 37.2. The van der Waals surface area contributed by atoms with Gasteiger partial charge in [0.05, 0.1) is 44.2 Å². The van der Waals surface area contributed by atoms with Gasteiger partial charge in [0.2, 0.25) is 17.1 Å². The molecule has 0 bridgehead atoms. The third kappa shape index (κ3) is 7.41. The van der Waals surface area contributed by atoms with E-state index in [-0.39, 0.29) is 11.6 Å². The normalized spacial score (nSPS) is 16.9. The predicted molar refractivity (Wildman–Crippen MR) is 414 cm³/mol. The van der Waals surface area contributed by atoms with Crippen molar-refractivity contribution in [2.24, 2.45) is 0 Å². The van der Waals surface area contributed by atoms with Crippen molar-refractivity contribution < 1.29 is 13.7 Å². The van der Waals surface area contributed by atoms with Gasteiger partial charge in [0.15, 0.2) is 39.5 Å². The third-order valence-electron chi connectivity index (χ3n) is 22.4. The summed E-state index contributed by atoms with van der Waals surface area (Å²) in [5, 5.41) is 25.6. The first kappa shape index (κ1) is 56.3. The molecule has 0 aliphatic carbocycles. The van der Waals surface area contributed by atoms with Crippen LogP contribution >= 0.6 is 21.8 Å². The number of aromatic nitrogens is 3. The lowest BCUT2D eigenvalue weighted by Crippen LogP contribution is -2.45. The van der Waals surface area contributed by atoms with E-state index >= 15 is 0 Å². The van der Waals surface area contributed by atoms with Gasteiger partial charge in [0, 0.05) is 35.0 Å². The molecular formula is C92H64N3P3+6. The van der Waals surface area contributed by atoms with Gasteiger partial charge < -0.3 is 0 Å². The third-order valence-corrected chi connectivity index (χ3v) is 36.2. The predicted octanol–water partition coefficient (Wildman–Crippen LogP) is 17.2. The number of pyridine rings is 3. The molecule has 0 radical (unpaired) electrons. The van der Waals surface area contributed by atoms with Crippen LogP contribution in [0.1, 0.15) is 34.0 Å². The number of benzene rings is 14. The Morgan fingerprint density at radius 1 is 0.224 bits per heavy atom. The van der Waals surface area contributed by atoms with E-state index in [1.165, 1.54) is 152 Å². The molecule has 0 saturated carbocycles. The van der Waals surface area contributed by atoms with Crippen molar-refractivity contribution in [1.29, 1.82) is 0 Å². The van der Waals surface area contributed by atoms with Crippen LogP contribution in [0.15, 0.2) is 370 Å². The molecule has 6 heteroatoms. The van der Waals surface area contributed by atoms with Crippen molar-refractivity contribution in [3.63, 3.8) is 0 Å². The zero-order valence-corrected chi connectivity index (χ0v) is 56.3. The summed E-state index contributed by atoms with van der Waals surface area (Å²) < 4.78 is 7.85. The van der Waals surface area contributed by atoms with Gasteiger partial charge in [0.1, 0.15) is 42.4 Å². The molecule has 3 nitrogen and oxygen atoms in total. The van der Waals surface area contributed by atoms with Crippen LogP contribution in [0.3, 0.4) is 0 Å². The highest BCUT2D eigenvalue weighted by atomic mass is 31.2. The van der Waals surface area contributed by atoms with Crippen LogP contribution in [0.4, 0.5) is 0 Å². The number of nitrogens with zero attached hydrogens (tertiary/aromatic N) is 3. The van der Waals surface area contributed by atoms with E-state index < -0.39 is 21.8 Å². The zero-order chi connectivity index (χ0) is 64.3. The van der Waals surface area contributed by atoms with Gasteiger partial charge in [-0.3, -0.25) is 0 Å². The van der Waals surface area contributed by atoms with Crippen LogP contribution < -0.4 is 61.4 Å². The van der Waals surface area contributed by atoms with E-state index in [0.717, 1.165) is 0 Å². The average molecular weight is 1300 g/mol. The van der Waals surface area contributed by atoms with Gasteiger partial charge in [-0.15, -0.1) is 4.57 Å². The number of hydrogen-bond donors (Lipinski definition) is 0. The van der Waals surface area contributed by atoms with Gasteiger partial charge in [0.25, 0.3) is 22.9 Å². The molecule has 3 aromatic heterocycles.